The van der Waals surface area contributed by atoms with E-state index in [2.05, 4.69) is 14.9 Å². The number of amides is 2. The molecule has 2 fully saturated rings. The van der Waals surface area contributed by atoms with Gasteiger partial charge in [0.15, 0.2) is 0 Å². The highest BCUT2D eigenvalue weighted by Gasteiger charge is 2.42. The summed E-state index contributed by atoms with van der Waals surface area (Å²) in [5.41, 5.74) is -0.0107. The standard InChI is InChI=1S/C22H27FN4O6/c1-16-19(25-33-24-16)12-20(28)27-8-11-32-22(14-27,13-21(29)26-6-9-30-10-7-26)15-31-18-4-2-17(23)3-5-18/h2-5H,6-15H2,1H3. The fraction of sp³-hybridized carbons (Fsp3) is 0.545. The van der Waals surface area contributed by atoms with E-state index in [9.17, 15) is 14.0 Å². The van der Waals surface area contributed by atoms with Crippen LogP contribution in [0.4, 0.5) is 4.39 Å². The zero-order valence-electron chi connectivity index (χ0n) is 18.5. The van der Waals surface area contributed by atoms with Crippen LogP contribution >= 0.6 is 0 Å². The molecule has 2 saturated heterocycles. The minimum atomic E-state index is -1.05. The molecular weight excluding hydrogens is 435 g/mol. The molecule has 11 heteroatoms. The summed E-state index contributed by atoms with van der Waals surface area (Å²) in [4.78, 5) is 29.4. The Balaban J connectivity index is 1.48. The number of hydrogen-bond donors (Lipinski definition) is 0. The quantitative estimate of drug-likeness (QED) is 0.600. The lowest BCUT2D eigenvalue weighted by molar-refractivity contribution is -0.167. The summed E-state index contributed by atoms with van der Waals surface area (Å²) < 4.78 is 35.3. The van der Waals surface area contributed by atoms with E-state index < -0.39 is 5.60 Å². The molecule has 4 rings (SSSR count). The summed E-state index contributed by atoms with van der Waals surface area (Å²) in [7, 11) is 0. The molecule has 33 heavy (non-hydrogen) atoms. The fourth-order valence-electron chi connectivity index (χ4n) is 3.91. The van der Waals surface area contributed by atoms with Gasteiger partial charge in [-0.2, -0.15) is 0 Å². The molecule has 10 nitrogen and oxygen atoms in total. The van der Waals surface area contributed by atoms with E-state index in [0.717, 1.165) is 0 Å². The Hall–Kier alpha value is -3.05. The molecule has 2 amide bonds. The van der Waals surface area contributed by atoms with Gasteiger partial charge in [0.25, 0.3) is 0 Å². The van der Waals surface area contributed by atoms with E-state index in [1.807, 2.05) is 0 Å². The lowest BCUT2D eigenvalue weighted by Gasteiger charge is -2.43. The van der Waals surface area contributed by atoms with Gasteiger partial charge in [-0.15, -0.1) is 0 Å². The number of halogens is 1. The van der Waals surface area contributed by atoms with Gasteiger partial charge in [-0.25, -0.2) is 9.02 Å². The maximum absolute atomic E-state index is 13.3. The van der Waals surface area contributed by atoms with E-state index >= 15 is 0 Å². The molecular formula is C22H27FN4O6. The Morgan fingerprint density at radius 3 is 2.48 bits per heavy atom. The summed E-state index contributed by atoms with van der Waals surface area (Å²) in [6, 6.07) is 5.62. The van der Waals surface area contributed by atoms with E-state index in [1.165, 1.54) is 24.3 Å². The van der Waals surface area contributed by atoms with Crippen molar-refractivity contribution in [3.63, 3.8) is 0 Å². The molecule has 0 aliphatic carbocycles. The number of rotatable bonds is 7. The Morgan fingerprint density at radius 2 is 1.79 bits per heavy atom. The number of ether oxygens (including phenoxy) is 3. The minimum absolute atomic E-state index is 0.0308. The van der Waals surface area contributed by atoms with Crippen molar-refractivity contribution >= 4 is 11.8 Å². The van der Waals surface area contributed by atoms with Crippen molar-refractivity contribution in [1.82, 2.24) is 20.1 Å². The number of carbonyl (C=O) groups is 2. The number of aromatic nitrogens is 2. The number of benzene rings is 1. The first-order chi connectivity index (χ1) is 15.9. The van der Waals surface area contributed by atoms with Crippen LogP contribution in [0.3, 0.4) is 0 Å². The summed E-state index contributed by atoms with van der Waals surface area (Å²) >= 11 is 0. The molecule has 1 atom stereocenters. The molecule has 0 radical (unpaired) electrons. The lowest BCUT2D eigenvalue weighted by Crippen LogP contribution is -2.59. The third-order valence-electron chi connectivity index (χ3n) is 5.82. The zero-order valence-corrected chi connectivity index (χ0v) is 18.5. The van der Waals surface area contributed by atoms with Crippen LogP contribution in [0.2, 0.25) is 0 Å². The van der Waals surface area contributed by atoms with Crippen LogP contribution in [0.1, 0.15) is 17.8 Å². The summed E-state index contributed by atoms with van der Waals surface area (Å²) in [6.07, 6.45) is 0.0875. The summed E-state index contributed by atoms with van der Waals surface area (Å²) in [5, 5.41) is 7.50. The highest BCUT2D eigenvalue weighted by molar-refractivity contribution is 5.80. The van der Waals surface area contributed by atoms with Crippen molar-refractivity contribution < 1.29 is 32.8 Å². The van der Waals surface area contributed by atoms with Crippen LogP contribution in [-0.2, 0) is 25.5 Å². The highest BCUT2D eigenvalue weighted by atomic mass is 19.1. The predicted octanol–water partition coefficient (Wildman–Crippen LogP) is 0.985. The van der Waals surface area contributed by atoms with Crippen molar-refractivity contribution in [3.8, 4) is 5.75 Å². The first-order valence-corrected chi connectivity index (χ1v) is 10.9. The van der Waals surface area contributed by atoms with Crippen LogP contribution in [0.25, 0.3) is 0 Å². The molecule has 178 valence electrons. The van der Waals surface area contributed by atoms with Gasteiger partial charge in [-0.1, -0.05) is 10.3 Å². The molecule has 1 aromatic carbocycles. The topological polar surface area (TPSA) is 107 Å². The number of aryl methyl sites for hydroxylation is 1. The molecule has 0 N–H and O–H groups in total. The van der Waals surface area contributed by atoms with Crippen LogP contribution in [0.15, 0.2) is 28.9 Å². The van der Waals surface area contributed by atoms with E-state index in [-0.39, 0.29) is 50.2 Å². The third-order valence-corrected chi connectivity index (χ3v) is 5.82. The molecule has 2 aromatic rings. The average molecular weight is 462 g/mol. The largest absolute Gasteiger partial charge is 0.490 e. The van der Waals surface area contributed by atoms with Crippen LogP contribution in [0, 0.1) is 12.7 Å². The van der Waals surface area contributed by atoms with Crippen LogP contribution in [0.5, 0.6) is 5.75 Å². The molecule has 2 aliphatic heterocycles. The second-order valence-corrected chi connectivity index (χ2v) is 8.23. The zero-order chi connectivity index (χ0) is 23.3. The van der Waals surface area contributed by atoms with Gasteiger partial charge in [-0.3, -0.25) is 9.59 Å². The van der Waals surface area contributed by atoms with Crippen molar-refractivity contribution in [1.29, 1.82) is 0 Å². The molecule has 0 spiro atoms. The summed E-state index contributed by atoms with van der Waals surface area (Å²) in [6.45, 7) is 4.56. The van der Waals surface area contributed by atoms with Gasteiger partial charge in [0.2, 0.25) is 11.8 Å². The Bertz CT molecular complexity index is 962. The SMILES string of the molecule is Cc1nonc1CC(=O)N1CCOC(COc2ccc(F)cc2)(CC(=O)N2CCOCC2)C1. The number of carbonyl (C=O) groups excluding carboxylic acids is 2. The monoisotopic (exact) mass is 462 g/mol. The number of morpholine rings is 2. The molecule has 2 aliphatic rings. The Labute approximate surface area is 190 Å². The second-order valence-electron chi connectivity index (χ2n) is 8.23. The van der Waals surface area contributed by atoms with Crippen molar-refractivity contribution in [2.45, 2.75) is 25.4 Å². The first-order valence-electron chi connectivity index (χ1n) is 10.9. The molecule has 1 unspecified atom stereocenters. The number of nitrogens with zero attached hydrogens (tertiary/aromatic N) is 4. The molecule has 0 saturated carbocycles. The molecule has 0 bridgehead atoms. The van der Waals surface area contributed by atoms with E-state index in [1.54, 1.807) is 16.7 Å². The highest BCUT2D eigenvalue weighted by Crippen LogP contribution is 2.26. The predicted molar refractivity (Wildman–Crippen MR) is 112 cm³/mol. The maximum Gasteiger partial charge on any atom is 0.228 e. The Kier molecular flexibility index (Phi) is 7.19. The lowest BCUT2D eigenvalue weighted by atomic mass is 9.96. The van der Waals surface area contributed by atoms with Crippen molar-refractivity contribution in [2.24, 2.45) is 0 Å². The van der Waals surface area contributed by atoms with Gasteiger partial charge >= 0.3 is 0 Å². The van der Waals surface area contributed by atoms with Crippen LogP contribution in [-0.4, -0.2) is 90.1 Å². The van der Waals surface area contributed by atoms with Gasteiger partial charge < -0.3 is 24.0 Å². The first kappa shape index (κ1) is 23.1. The normalized spacial score (nSPS) is 21.2. The average Bonchev–Trinajstić information content (AvgIpc) is 3.23. The van der Waals surface area contributed by atoms with E-state index in [4.69, 9.17) is 14.2 Å². The Morgan fingerprint density at radius 1 is 1.06 bits per heavy atom. The third kappa shape index (κ3) is 5.85. The van der Waals surface area contributed by atoms with Crippen molar-refractivity contribution in [2.75, 3.05) is 52.6 Å². The second kappa shape index (κ2) is 10.3. The van der Waals surface area contributed by atoms with Crippen molar-refractivity contribution in [3.05, 3.63) is 41.5 Å². The van der Waals surface area contributed by atoms with Gasteiger partial charge in [0.05, 0.1) is 39.2 Å². The van der Waals surface area contributed by atoms with Gasteiger partial charge in [-0.05, 0) is 31.2 Å². The fourth-order valence-corrected chi connectivity index (χ4v) is 3.91. The van der Waals surface area contributed by atoms with E-state index in [0.29, 0.717) is 50.0 Å². The smallest absolute Gasteiger partial charge is 0.228 e. The number of hydrogen-bond acceptors (Lipinski definition) is 8. The molecule has 3 heterocycles. The minimum Gasteiger partial charge on any atom is -0.490 e. The van der Waals surface area contributed by atoms with Gasteiger partial charge in [0, 0.05) is 19.6 Å². The van der Waals surface area contributed by atoms with Crippen LogP contribution < -0.4 is 4.74 Å². The van der Waals surface area contributed by atoms with Gasteiger partial charge in [0.1, 0.15) is 35.2 Å². The molecule has 1 aromatic heterocycles. The maximum atomic E-state index is 13.3. The summed E-state index contributed by atoms with van der Waals surface area (Å²) in [5.74, 6) is -0.178.